The maximum Gasteiger partial charge on any atom is 0.421 e. The molecule has 0 amide bonds. The Kier molecular flexibility index (Phi) is 3.97. The third kappa shape index (κ3) is 2.62. The molecular weight excluding hydrogens is 287 g/mol. The molecule has 1 aromatic heterocycles. The third-order valence-electron chi connectivity index (χ3n) is 2.86. The van der Waals surface area contributed by atoms with E-state index in [9.17, 15) is 23.4 Å². The van der Waals surface area contributed by atoms with Crippen molar-refractivity contribution in [3.8, 4) is 0 Å². The van der Waals surface area contributed by atoms with Crippen LogP contribution in [0.3, 0.4) is 0 Å². The van der Waals surface area contributed by atoms with E-state index in [-0.39, 0.29) is 0 Å². The molecule has 114 valence electrons. The number of hydrogen-bond acceptors (Lipinski definition) is 7. The zero-order valence-corrected chi connectivity index (χ0v) is 9.84. The van der Waals surface area contributed by atoms with Crippen molar-refractivity contribution in [2.75, 3.05) is 6.61 Å². The molecule has 0 saturated carbocycles. The lowest BCUT2D eigenvalue weighted by Crippen LogP contribution is -2.33. The van der Waals surface area contributed by atoms with Gasteiger partial charge < -0.3 is 25.2 Å². The lowest BCUT2D eigenvalue weighted by Gasteiger charge is -2.14. The van der Waals surface area contributed by atoms with Gasteiger partial charge in [-0.3, -0.25) is 0 Å². The van der Waals surface area contributed by atoms with E-state index in [2.05, 4.69) is 10.1 Å². The molecule has 8 nitrogen and oxygen atoms in total. The smallest absolute Gasteiger partial charge is 0.394 e. The molecule has 0 bridgehead atoms. The molecule has 1 aromatic rings. The van der Waals surface area contributed by atoms with Gasteiger partial charge in [0, 0.05) is 0 Å². The third-order valence-corrected chi connectivity index (χ3v) is 2.86. The van der Waals surface area contributed by atoms with Gasteiger partial charge in [0.1, 0.15) is 24.6 Å². The van der Waals surface area contributed by atoms with Crippen LogP contribution in [0.1, 0.15) is 18.2 Å². The van der Waals surface area contributed by atoms with Crippen LogP contribution in [0.25, 0.3) is 0 Å². The quantitative estimate of drug-likeness (QED) is 0.535. The first-order chi connectivity index (χ1) is 9.25. The summed E-state index contributed by atoms with van der Waals surface area (Å²) < 4.78 is 42.6. The summed E-state index contributed by atoms with van der Waals surface area (Å²) in [6, 6.07) is 0. The predicted octanol–water partition coefficient (Wildman–Crippen LogP) is -1.51. The van der Waals surface area contributed by atoms with Crippen molar-refractivity contribution in [1.29, 1.82) is 0 Å². The number of alkyl halides is 3. The average molecular weight is 299 g/mol. The van der Waals surface area contributed by atoms with Crippen LogP contribution in [0.2, 0.25) is 0 Å². The molecule has 5 atom stereocenters. The van der Waals surface area contributed by atoms with E-state index in [1.807, 2.05) is 0 Å². The summed E-state index contributed by atoms with van der Waals surface area (Å²) in [7, 11) is 0. The molecule has 1 fully saturated rings. The molecule has 2 unspecified atom stereocenters. The van der Waals surface area contributed by atoms with E-state index in [4.69, 9.17) is 14.9 Å². The number of nitrogens with zero attached hydrogens (tertiary/aromatic N) is 3. The first-order valence-corrected chi connectivity index (χ1v) is 5.54. The number of aliphatic hydroxyl groups excluding tert-OH is 4. The average Bonchev–Trinajstić information content (AvgIpc) is 2.95. The highest BCUT2D eigenvalue weighted by molar-refractivity contribution is 4.94. The van der Waals surface area contributed by atoms with Crippen molar-refractivity contribution in [2.24, 2.45) is 0 Å². The van der Waals surface area contributed by atoms with Crippen molar-refractivity contribution in [3.05, 3.63) is 12.2 Å². The Hall–Kier alpha value is -1.27. The highest BCUT2D eigenvalue weighted by atomic mass is 19.4. The highest BCUT2D eigenvalue weighted by Gasteiger charge is 2.45. The normalized spacial score (nSPS) is 32.5. The Labute approximate surface area is 110 Å². The van der Waals surface area contributed by atoms with Crippen LogP contribution < -0.4 is 0 Å². The minimum atomic E-state index is -4.92. The molecular formula is C9H12F3N3O5. The fourth-order valence-corrected chi connectivity index (χ4v) is 1.78. The SMILES string of the molecule is OC[C@H]1O[C@@H](n2cnc(C(O)C(F)(F)F)n2)[C@@H](O)C1O. The Bertz CT molecular complexity index is 468. The summed E-state index contributed by atoms with van der Waals surface area (Å²) >= 11 is 0. The summed E-state index contributed by atoms with van der Waals surface area (Å²) in [5.41, 5.74) is 0. The van der Waals surface area contributed by atoms with Crippen LogP contribution in [0.5, 0.6) is 0 Å². The van der Waals surface area contributed by atoms with E-state index >= 15 is 0 Å². The van der Waals surface area contributed by atoms with Crippen LogP contribution in [0.15, 0.2) is 6.33 Å². The predicted molar refractivity (Wildman–Crippen MR) is 54.0 cm³/mol. The highest BCUT2D eigenvalue weighted by Crippen LogP contribution is 2.32. The van der Waals surface area contributed by atoms with Gasteiger partial charge in [0.05, 0.1) is 6.61 Å². The van der Waals surface area contributed by atoms with Crippen LogP contribution in [-0.4, -0.2) is 66.3 Å². The summed E-state index contributed by atoms with van der Waals surface area (Å²) in [5, 5.41) is 40.4. The molecule has 4 N–H and O–H groups in total. The lowest BCUT2D eigenvalue weighted by atomic mass is 10.1. The van der Waals surface area contributed by atoms with Crippen LogP contribution >= 0.6 is 0 Å². The number of rotatable bonds is 3. The van der Waals surface area contributed by atoms with Crippen LogP contribution in [-0.2, 0) is 4.74 Å². The molecule has 0 spiro atoms. The minimum Gasteiger partial charge on any atom is -0.394 e. The summed E-state index contributed by atoms with van der Waals surface area (Å²) in [6.07, 6.45) is -12.3. The van der Waals surface area contributed by atoms with E-state index in [1.54, 1.807) is 0 Å². The number of aromatic nitrogens is 3. The number of halogens is 3. The molecule has 0 radical (unpaired) electrons. The van der Waals surface area contributed by atoms with Gasteiger partial charge in [-0.1, -0.05) is 0 Å². The lowest BCUT2D eigenvalue weighted by molar-refractivity contribution is -0.209. The molecule has 2 heterocycles. The molecule has 1 aliphatic rings. The van der Waals surface area contributed by atoms with Crippen LogP contribution in [0, 0.1) is 0 Å². The second-order valence-electron chi connectivity index (χ2n) is 4.26. The number of aliphatic hydroxyl groups is 4. The second kappa shape index (κ2) is 5.26. The Morgan fingerprint density at radius 1 is 1.35 bits per heavy atom. The second-order valence-corrected chi connectivity index (χ2v) is 4.26. The van der Waals surface area contributed by atoms with Gasteiger partial charge in [-0.25, -0.2) is 9.67 Å². The van der Waals surface area contributed by atoms with Gasteiger partial charge >= 0.3 is 6.18 Å². The molecule has 0 aliphatic carbocycles. The number of ether oxygens (including phenoxy) is 1. The van der Waals surface area contributed by atoms with Crippen molar-refractivity contribution in [2.45, 2.75) is 36.8 Å². The van der Waals surface area contributed by atoms with E-state index < -0.39 is 49.3 Å². The molecule has 11 heteroatoms. The van der Waals surface area contributed by atoms with E-state index in [0.717, 1.165) is 11.0 Å². The first-order valence-electron chi connectivity index (χ1n) is 5.54. The Balaban J connectivity index is 2.18. The summed E-state index contributed by atoms with van der Waals surface area (Å²) in [4.78, 5) is 3.28. The molecule has 20 heavy (non-hydrogen) atoms. The van der Waals surface area contributed by atoms with Gasteiger partial charge in [-0.2, -0.15) is 18.3 Å². The van der Waals surface area contributed by atoms with Gasteiger partial charge in [0.15, 0.2) is 12.1 Å². The maximum atomic E-state index is 12.3. The molecule has 1 saturated heterocycles. The van der Waals surface area contributed by atoms with E-state index in [0.29, 0.717) is 0 Å². The van der Waals surface area contributed by atoms with Gasteiger partial charge in [0.25, 0.3) is 0 Å². The standard InChI is InChI=1S/C9H12F3N3O5/c10-9(11,12)6(19)7-13-2-15(14-7)8-5(18)4(17)3(1-16)20-8/h2-6,8,16-19H,1H2/t3-,4?,5+,6?,8-/m1/s1. The fourth-order valence-electron chi connectivity index (χ4n) is 1.78. The van der Waals surface area contributed by atoms with Crippen molar-refractivity contribution < 1.29 is 38.3 Å². The topological polar surface area (TPSA) is 121 Å². The largest absolute Gasteiger partial charge is 0.421 e. The van der Waals surface area contributed by atoms with Gasteiger partial charge in [-0.15, -0.1) is 0 Å². The minimum absolute atomic E-state index is 0.582. The van der Waals surface area contributed by atoms with E-state index in [1.165, 1.54) is 0 Å². The van der Waals surface area contributed by atoms with Crippen molar-refractivity contribution in [1.82, 2.24) is 14.8 Å². The zero-order chi connectivity index (χ0) is 15.1. The van der Waals surface area contributed by atoms with Gasteiger partial charge in [-0.05, 0) is 0 Å². The fraction of sp³-hybridized carbons (Fsp3) is 0.778. The molecule has 0 aromatic carbocycles. The van der Waals surface area contributed by atoms with Gasteiger partial charge in [0.2, 0.25) is 6.10 Å². The zero-order valence-electron chi connectivity index (χ0n) is 9.84. The molecule has 2 rings (SSSR count). The van der Waals surface area contributed by atoms with Crippen molar-refractivity contribution >= 4 is 0 Å². The Morgan fingerprint density at radius 3 is 2.50 bits per heavy atom. The maximum absolute atomic E-state index is 12.3. The first kappa shape index (κ1) is 15.1. The van der Waals surface area contributed by atoms with Crippen LogP contribution in [0.4, 0.5) is 13.2 Å². The Morgan fingerprint density at radius 2 is 2.00 bits per heavy atom. The van der Waals surface area contributed by atoms with Crippen molar-refractivity contribution in [3.63, 3.8) is 0 Å². The number of hydrogen-bond donors (Lipinski definition) is 4. The summed E-state index contributed by atoms with van der Waals surface area (Å²) in [5.74, 6) is -0.907. The monoisotopic (exact) mass is 299 g/mol. The molecule has 1 aliphatic heterocycles. The summed E-state index contributed by atoms with van der Waals surface area (Å²) in [6.45, 7) is -0.582.